The van der Waals surface area contributed by atoms with Gasteiger partial charge < -0.3 is 0 Å². The molecule has 0 spiro atoms. The zero-order valence-corrected chi connectivity index (χ0v) is 33.5. The van der Waals surface area contributed by atoms with Crippen molar-refractivity contribution in [1.82, 2.24) is 0 Å². The van der Waals surface area contributed by atoms with E-state index in [9.17, 15) is 0 Å². The molecule has 0 nitrogen and oxygen atoms in total. The van der Waals surface area contributed by atoms with E-state index < -0.39 is 16.1 Å². The smallest absolute Gasteiger partial charge is 0.0626 e. The van der Waals surface area contributed by atoms with Gasteiger partial charge in [-0.1, -0.05) is 229 Å². The molecule has 0 saturated heterocycles. The maximum absolute atomic E-state index is 2.54. The molecule has 0 fully saturated rings. The van der Waals surface area contributed by atoms with Crippen LogP contribution < -0.4 is 15.6 Å². The molecule has 260 valence electrons. The van der Waals surface area contributed by atoms with Gasteiger partial charge in [0, 0.05) is 11.8 Å². The number of benzene rings is 6. The Balaban J connectivity index is 1.06. The van der Waals surface area contributed by atoms with Crippen LogP contribution in [0.25, 0.3) is 43.8 Å². The summed E-state index contributed by atoms with van der Waals surface area (Å²) in [4.78, 5) is 0. The zero-order valence-electron chi connectivity index (χ0n) is 31.5. The van der Waals surface area contributed by atoms with Crippen LogP contribution in [0.3, 0.4) is 0 Å². The van der Waals surface area contributed by atoms with Crippen molar-refractivity contribution < 1.29 is 0 Å². The quantitative estimate of drug-likeness (QED) is 0.119. The summed E-state index contributed by atoms with van der Waals surface area (Å²) in [5.74, 6) is 0.856. The third kappa shape index (κ3) is 5.08. The first kappa shape index (κ1) is 33.1. The van der Waals surface area contributed by atoms with Crippen LogP contribution in [0.1, 0.15) is 0 Å². The molecule has 10 rings (SSSR count). The van der Waals surface area contributed by atoms with Crippen molar-refractivity contribution in [2.75, 3.05) is 0 Å². The summed E-state index contributed by atoms with van der Waals surface area (Å²) in [5.41, 5.74) is 11.1. The minimum atomic E-state index is -2.03. The number of hydrogen-bond donors (Lipinski definition) is 0. The van der Waals surface area contributed by atoms with E-state index in [4.69, 9.17) is 0 Å². The lowest BCUT2D eigenvalue weighted by atomic mass is 9.64. The van der Waals surface area contributed by atoms with Crippen molar-refractivity contribution in [3.8, 4) is 22.3 Å². The molecule has 0 aromatic heterocycles. The maximum Gasteiger partial charge on any atom is 0.112 e. The molecule has 0 N–H and O–H groups in total. The van der Waals surface area contributed by atoms with Crippen molar-refractivity contribution in [2.45, 2.75) is 26.2 Å². The Morgan fingerprint density at radius 3 is 1.37 bits per heavy atom. The average molecular weight is 725 g/mol. The van der Waals surface area contributed by atoms with E-state index in [0.717, 1.165) is 0 Å². The minimum Gasteiger partial charge on any atom is -0.0626 e. The predicted molar refractivity (Wildman–Crippen MR) is 238 cm³/mol. The molecule has 0 saturated carbocycles. The molecule has 0 heterocycles. The van der Waals surface area contributed by atoms with E-state index >= 15 is 0 Å². The van der Waals surface area contributed by atoms with Gasteiger partial charge >= 0.3 is 0 Å². The van der Waals surface area contributed by atoms with Crippen molar-refractivity contribution in [3.05, 3.63) is 210 Å². The number of allylic oxidation sites excluding steroid dienone is 14. The molecular formula is C52H44Si2. The molecule has 0 bridgehead atoms. The highest BCUT2D eigenvalue weighted by Crippen LogP contribution is 2.50. The molecule has 4 aliphatic carbocycles. The van der Waals surface area contributed by atoms with E-state index in [1.54, 1.807) is 5.20 Å². The molecule has 2 heteroatoms. The Labute approximate surface area is 321 Å². The molecular weight excluding hydrogens is 681 g/mol. The van der Waals surface area contributed by atoms with Crippen molar-refractivity contribution >= 4 is 53.3 Å². The number of hydrogen-bond acceptors (Lipinski definition) is 0. The Morgan fingerprint density at radius 1 is 0.370 bits per heavy atom. The van der Waals surface area contributed by atoms with Gasteiger partial charge in [0.05, 0.1) is 0 Å². The Morgan fingerprint density at radius 2 is 0.815 bits per heavy atom. The average Bonchev–Trinajstić information content (AvgIpc) is 3.22. The highest BCUT2D eigenvalue weighted by molar-refractivity contribution is 7.00. The standard InChI is InChI=1S/C52H44Si2/c1-53(2,40-15-6-5-7-16-40)41-29-23-37(24-30-41)50-43-17-8-10-19-45(43)51(46-20-11-9-18-44(46)50)38-25-31-42(32-26-38)54(3,4)48-34-28-39-22-21-35-13-12-14-36-27-33-47(48)52(39)49(35)36/h5-34,49,52H,1-4H3. The molecule has 2 unspecified atom stereocenters. The van der Waals surface area contributed by atoms with Crippen molar-refractivity contribution in [2.24, 2.45) is 11.8 Å². The third-order valence-electron chi connectivity index (χ3n) is 12.9. The largest absolute Gasteiger partial charge is 0.112 e. The first-order chi connectivity index (χ1) is 26.3. The first-order valence-corrected chi connectivity index (χ1v) is 25.4. The fourth-order valence-corrected chi connectivity index (χ4v) is 14.9. The third-order valence-corrected chi connectivity index (χ3v) is 20.0. The maximum atomic E-state index is 2.54. The fourth-order valence-electron chi connectivity index (χ4n) is 9.81. The van der Waals surface area contributed by atoms with Gasteiger partial charge in [0.2, 0.25) is 0 Å². The van der Waals surface area contributed by atoms with Gasteiger partial charge in [-0.25, -0.2) is 0 Å². The summed E-state index contributed by atoms with van der Waals surface area (Å²) in [6.07, 6.45) is 21.2. The van der Waals surface area contributed by atoms with Crippen LogP contribution in [-0.2, 0) is 0 Å². The molecule has 54 heavy (non-hydrogen) atoms. The van der Waals surface area contributed by atoms with E-state index in [1.807, 2.05) is 0 Å². The van der Waals surface area contributed by atoms with Gasteiger partial charge in [0.1, 0.15) is 16.1 Å². The van der Waals surface area contributed by atoms with E-state index in [-0.39, 0.29) is 0 Å². The highest BCUT2D eigenvalue weighted by Gasteiger charge is 2.41. The summed E-state index contributed by atoms with van der Waals surface area (Å²) < 4.78 is 0. The lowest BCUT2D eigenvalue weighted by molar-refractivity contribution is 0.562. The monoisotopic (exact) mass is 724 g/mol. The normalized spacial score (nSPS) is 18.8. The van der Waals surface area contributed by atoms with Crippen LogP contribution in [0.4, 0.5) is 0 Å². The van der Waals surface area contributed by atoms with Gasteiger partial charge in [0.15, 0.2) is 0 Å². The van der Waals surface area contributed by atoms with Crippen LogP contribution in [0, 0.1) is 11.8 Å². The van der Waals surface area contributed by atoms with Gasteiger partial charge in [-0.05, 0) is 66.1 Å². The van der Waals surface area contributed by atoms with Gasteiger partial charge in [0.25, 0.3) is 0 Å². The Bertz CT molecular complexity index is 2670. The zero-order chi connectivity index (χ0) is 36.6. The molecule has 4 aliphatic rings. The summed E-state index contributed by atoms with van der Waals surface area (Å²) in [7, 11) is -3.84. The summed E-state index contributed by atoms with van der Waals surface area (Å²) >= 11 is 0. The van der Waals surface area contributed by atoms with Crippen LogP contribution in [0.15, 0.2) is 210 Å². The highest BCUT2D eigenvalue weighted by atomic mass is 28.3. The molecule has 0 radical (unpaired) electrons. The molecule has 6 aromatic carbocycles. The summed E-state index contributed by atoms with van der Waals surface area (Å²) in [5, 5.41) is 11.2. The predicted octanol–water partition coefficient (Wildman–Crippen LogP) is 11.6. The first-order valence-electron chi connectivity index (χ1n) is 19.4. The molecule has 0 amide bonds. The Hall–Kier alpha value is -5.55. The van der Waals surface area contributed by atoms with E-state index in [1.165, 1.54) is 81.7 Å². The molecule has 2 atom stereocenters. The van der Waals surface area contributed by atoms with Crippen LogP contribution in [-0.4, -0.2) is 16.1 Å². The lowest BCUT2D eigenvalue weighted by Crippen LogP contribution is -2.52. The van der Waals surface area contributed by atoms with Crippen molar-refractivity contribution in [1.29, 1.82) is 0 Å². The van der Waals surface area contributed by atoms with Crippen LogP contribution >= 0.6 is 0 Å². The van der Waals surface area contributed by atoms with E-state index in [2.05, 4.69) is 208 Å². The number of fused-ring (bicyclic) bond motifs is 2. The topological polar surface area (TPSA) is 0 Å². The second kappa shape index (κ2) is 12.5. The second-order valence-corrected chi connectivity index (χ2v) is 25.2. The summed E-state index contributed by atoms with van der Waals surface area (Å²) in [6, 6.07) is 48.3. The fraction of sp³-hybridized carbons (Fsp3) is 0.115. The van der Waals surface area contributed by atoms with Crippen LogP contribution in [0.2, 0.25) is 26.2 Å². The SMILES string of the molecule is C[Si](C)(C1=C2C=CC3=CC=CC4=CC=C(C=C1)C2C34)c1ccc(-c2c3ccccc3c(-c3ccc([Si](C)(C)c4ccccc4)cc3)c3ccccc23)cc1. The Kier molecular flexibility index (Phi) is 7.66. The molecule has 0 aliphatic heterocycles. The van der Waals surface area contributed by atoms with E-state index in [0.29, 0.717) is 11.8 Å². The molecule has 6 aromatic rings. The van der Waals surface area contributed by atoms with Crippen LogP contribution in [0.5, 0.6) is 0 Å². The van der Waals surface area contributed by atoms with Crippen molar-refractivity contribution in [3.63, 3.8) is 0 Å². The second-order valence-electron chi connectivity index (χ2n) is 16.5. The summed E-state index contributed by atoms with van der Waals surface area (Å²) in [6.45, 7) is 9.99. The van der Waals surface area contributed by atoms with Gasteiger partial charge in [-0.3, -0.25) is 0 Å². The van der Waals surface area contributed by atoms with Gasteiger partial charge in [-0.2, -0.15) is 0 Å². The van der Waals surface area contributed by atoms with Gasteiger partial charge in [-0.15, -0.1) is 0 Å². The minimum absolute atomic E-state index is 0.419. The lowest BCUT2D eigenvalue weighted by Gasteiger charge is -2.42. The number of rotatable bonds is 6.